The number of H-pyrrole nitrogens is 1. The van der Waals surface area contributed by atoms with Crippen molar-refractivity contribution < 1.29 is 32.6 Å². The molecule has 0 spiro atoms. The molecule has 2 heterocycles. The summed E-state index contributed by atoms with van der Waals surface area (Å²) in [4.78, 5) is 40.5. The molecule has 170 valence electrons. The molecule has 3 rings (SSSR count). The van der Waals surface area contributed by atoms with Crippen molar-refractivity contribution >= 4 is 41.1 Å². The van der Waals surface area contributed by atoms with Crippen LogP contribution in [0, 0.1) is 11.6 Å². The SMILES string of the molecule is CCOC(=O)C1OC(CNC(=O)c2cc(NC(=O)c3cc(F)c(F)cc3Cl)[nH]n2)=NC1C. The quantitative estimate of drug-likeness (QED) is 0.419. The Morgan fingerprint density at radius 3 is 2.66 bits per heavy atom. The third kappa shape index (κ3) is 5.19. The van der Waals surface area contributed by atoms with E-state index in [2.05, 4.69) is 25.8 Å². The largest absolute Gasteiger partial charge is 0.463 e. The monoisotopic (exact) mass is 469 g/mol. The first-order valence-electron chi connectivity index (χ1n) is 9.39. The summed E-state index contributed by atoms with van der Waals surface area (Å²) in [5, 5.41) is 10.8. The first-order valence-corrected chi connectivity index (χ1v) is 9.76. The number of amides is 2. The minimum absolute atomic E-state index is 0.0198. The van der Waals surface area contributed by atoms with Gasteiger partial charge in [-0.15, -0.1) is 0 Å². The average Bonchev–Trinajstić information content (AvgIpc) is 3.35. The van der Waals surface area contributed by atoms with E-state index in [-0.39, 0.29) is 41.1 Å². The summed E-state index contributed by atoms with van der Waals surface area (Å²) in [6.07, 6.45) is -0.878. The molecule has 2 aromatic rings. The highest BCUT2D eigenvalue weighted by atomic mass is 35.5. The first kappa shape index (κ1) is 23.1. The Hall–Kier alpha value is -3.54. The summed E-state index contributed by atoms with van der Waals surface area (Å²) >= 11 is 5.77. The van der Waals surface area contributed by atoms with Crippen molar-refractivity contribution in [3.8, 4) is 0 Å². The molecule has 2 amide bonds. The number of ether oxygens (including phenoxy) is 2. The van der Waals surface area contributed by atoms with Crippen LogP contribution in [0.1, 0.15) is 34.7 Å². The van der Waals surface area contributed by atoms with Gasteiger partial charge in [-0.1, -0.05) is 11.6 Å². The first-order chi connectivity index (χ1) is 15.2. The molecule has 10 nitrogen and oxygen atoms in total. The Kier molecular flexibility index (Phi) is 7.03. The van der Waals surface area contributed by atoms with Crippen LogP contribution >= 0.6 is 11.6 Å². The number of aromatic amines is 1. The van der Waals surface area contributed by atoms with Gasteiger partial charge in [-0.05, 0) is 26.0 Å². The van der Waals surface area contributed by atoms with Crippen LogP contribution in [0.2, 0.25) is 5.02 Å². The van der Waals surface area contributed by atoms with Crippen molar-refractivity contribution in [3.63, 3.8) is 0 Å². The number of carbonyl (C=O) groups excluding carboxylic acids is 3. The van der Waals surface area contributed by atoms with Crippen LogP contribution in [0.5, 0.6) is 0 Å². The molecular formula is C19H18ClF2N5O5. The lowest BCUT2D eigenvalue weighted by Crippen LogP contribution is -2.34. The number of benzene rings is 1. The molecule has 2 unspecified atom stereocenters. The zero-order chi connectivity index (χ0) is 23.4. The van der Waals surface area contributed by atoms with Crippen LogP contribution < -0.4 is 10.6 Å². The summed E-state index contributed by atoms with van der Waals surface area (Å²) in [6.45, 7) is 3.46. The van der Waals surface area contributed by atoms with E-state index in [9.17, 15) is 23.2 Å². The highest BCUT2D eigenvalue weighted by molar-refractivity contribution is 6.34. The topological polar surface area (TPSA) is 135 Å². The summed E-state index contributed by atoms with van der Waals surface area (Å²) in [7, 11) is 0. The second kappa shape index (κ2) is 9.73. The lowest BCUT2D eigenvalue weighted by Gasteiger charge is -2.12. The highest BCUT2D eigenvalue weighted by Gasteiger charge is 2.35. The number of halogens is 3. The Labute approximate surface area is 185 Å². The van der Waals surface area contributed by atoms with E-state index in [0.29, 0.717) is 12.1 Å². The lowest BCUT2D eigenvalue weighted by molar-refractivity contribution is -0.151. The third-order valence-corrected chi connectivity index (χ3v) is 4.59. The van der Waals surface area contributed by atoms with E-state index >= 15 is 0 Å². The molecule has 0 radical (unpaired) electrons. The number of esters is 1. The van der Waals surface area contributed by atoms with E-state index in [0.717, 1.165) is 0 Å². The fraction of sp³-hybridized carbons (Fsp3) is 0.316. The molecule has 3 N–H and O–H groups in total. The number of carbonyl (C=O) groups is 3. The Bertz CT molecular complexity index is 1090. The maximum atomic E-state index is 13.4. The van der Waals surface area contributed by atoms with Crippen LogP contribution in [0.4, 0.5) is 14.6 Å². The van der Waals surface area contributed by atoms with Crippen molar-refractivity contribution in [2.75, 3.05) is 18.5 Å². The molecule has 13 heteroatoms. The fourth-order valence-electron chi connectivity index (χ4n) is 2.76. The summed E-state index contributed by atoms with van der Waals surface area (Å²) in [5.74, 6) is -4.25. The number of aliphatic imine (C=N–C) groups is 1. The predicted octanol–water partition coefficient (Wildman–Crippen LogP) is 2.07. The number of nitrogens with one attached hydrogen (secondary N) is 3. The maximum Gasteiger partial charge on any atom is 0.349 e. The van der Waals surface area contributed by atoms with Crippen LogP contribution in [0.3, 0.4) is 0 Å². The van der Waals surface area contributed by atoms with Gasteiger partial charge in [-0.25, -0.2) is 18.6 Å². The van der Waals surface area contributed by atoms with Crippen molar-refractivity contribution in [2.45, 2.75) is 26.0 Å². The number of hydrogen-bond acceptors (Lipinski definition) is 7. The number of hydrogen-bond donors (Lipinski definition) is 3. The predicted molar refractivity (Wildman–Crippen MR) is 109 cm³/mol. The van der Waals surface area contributed by atoms with Gasteiger partial charge >= 0.3 is 5.97 Å². The molecule has 1 aromatic heterocycles. The molecule has 2 atom stereocenters. The summed E-state index contributed by atoms with van der Waals surface area (Å²) < 4.78 is 36.9. The van der Waals surface area contributed by atoms with E-state index in [1.807, 2.05) is 0 Å². The van der Waals surface area contributed by atoms with Gasteiger partial charge in [0, 0.05) is 6.07 Å². The number of rotatable bonds is 7. The smallest absolute Gasteiger partial charge is 0.349 e. The molecular weight excluding hydrogens is 452 g/mol. The normalized spacial score (nSPS) is 17.3. The van der Waals surface area contributed by atoms with Gasteiger partial charge in [0.2, 0.25) is 12.0 Å². The fourth-order valence-corrected chi connectivity index (χ4v) is 3.00. The van der Waals surface area contributed by atoms with Crippen molar-refractivity contribution in [3.05, 3.63) is 46.1 Å². The minimum Gasteiger partial charge on any atom is -0.463 e. The van der Waals surface area contributed by atoms with Crippen LogP contribution in [0.15, 0.2) is 23.2 Å². The molecule has 0 saturated heterocycles. The summed E-state index contributed by atoms with van der Waals surface area (Å²) in [5.41, 5.74) is -0.377. The number of anilines is 1. The molecule has 0 saturated carbocycles. The molecule has 1 aliphatic rings. The average molecular weight is 470 g/mol. The van der Waals surface area contributed by atoms with Crippen molar-refractivity contribution in [1.82, 2.24) is 15.5 Å². The Balaban J connectivity index is 1.56. The Morgan fingerprint density at radius 1 is 1.22 bits per heavy atom. The molecule has 0 bridgehead atoms. The van der Waals surface area contributed by atoms with Gasteiger partial charge in [-0.2, -0.15) is 5.10 Å². The molecule has 1 aliphatic heterocycles. The Morgan fingerprint density at radius 2 is 1.94 bits per heavy atom. The standard InChI is InChI=1S/C19H18ClF2N5O5/c1-3-31-19(30)16-8(2)24-15(32-16)7-23-18(29)13-6-14(27-26-13)25-17(28)9-4-11(21)12(22)5-10(9)20/h4-6,8,16H,3,7H2,1-2H3,(H,23,29)(H2,25,26,27,28). The van der Waals surface area contributed by atoms with Gasteiger partial charge in [-0.3, -0.25) is 14.7 Å². The highest BCUT2D eigenvalue weighted by Crippen LogP contribution is 2.21. The molecule has 0 aliphatic carbocycles. The molecule has 1 aromatic carbocycles. The van der Waals surface area contributed by atoms with Gasteiger partial charge in [0.05, 0.1) is 29.8 Å². The van der Waals surface area contributed by atoms with E-state index < -0.39 is 41.6 Å². The molecule has 0 fully saturated rings. The zero-order valence-corrected chi connectivity index (χ0v) is 17.6. The summed E-state index contributed by atoms with van der Waals surface area (Å²) in [6, 6.07) is 2.10. The van der Waals surface area contributed by atoms with E-state index in [1.165, 1.54) is 6.07 Å². The lowest BCUT2D eigenvalue weighted by atomic mass is 10.2. The van der Waals surface area contributed by atoms with Crippen LogP contribution in [-0.2, 0) is 14.3 Å². The van der Waals surface area contributed by atoms with Crippen molar-refractivity contribution in [2.24, 2.45) is 4.99 Å². The second-order valence-corrected chi connectivity index (χ2v) is 7.01. The third-order valence-electron chi connectivity index (χ3n) is 4.28. The molecule has 32 heavy (non-hydrogen) atoms. The van der Waals surface area contributed by atoms with Gasteiger partial charge in [0.1, 0.15) is 5.82 Å². The van der Waals surface area contributed by atoms with Gasteiger partial charge in [0.25, 0.3) is 11.8 Å². The number of nitrogens with zero attached hydrogens (tertiary/aromatic N) is 2. The van der Waals surface area contributed by atoms with Gasteiger partial charge in [0.15, 0.2) is 17.3 Å². The maximum absolute atomic E-state index is 13.4. The second-order valence-electron chi connectivity index (χ2n) is 6.60. The van der Waals surface area contributed by atoms with Crippen LogP contribution in [-0.4, -0.2) is 59.2 Å². The van der Waals surface area contributed by atoms with Gasteiger partial charge < -0.3 is 20.1 Å². The van der Waals surface area contributed by atoms with Crippen LogP contribution in [0.25, 0.3) is 0 Å². The number of aromatic nitrogens is 2. The van der Waals surface area contributed by atoms with E-state index in [4.69, 9.17) is 21.1 Å². The zero-order valence-electron chi connectivity index (χ0n) is 16.9. The minimum atomic E-state index is -1.24. The van der Waals surface area contributed by atoms with Crippen molar-refractivity contribution in [1.29, 1.82) is 0 Å². The van der Waals surface area contributed by atoms with E-state index in [1.54, 1.807) is 13.8 Å².